The van der Waals surface area contributed by atoms with Crippen LogP contribution in [0.25, 0.3) is 0 Å². The van der Waals surface area contributed by atoms with Gasteiger partial charge in [0, 0.05) is 11.1 Å². The highest BCUT2D eigenvalue weighted by Crippen LogP contribution is 2.18. The van der Waals surface area contributed by atoms with Crippen LogP contribution in [-0.2, 0) is 0 Å². The van der Waals surface area contributed by atoms with E-state index in [9.17, 15) is 14.5 Å². The Morgan fingerprint density at radius 2 is 1.31 bits per heavy atom. The predicted molar refractivity (Wildman–Crippen MR) is 89.3 cm³/mol. The number of carbonyl (C=O) groups excluding carboxylic acids is 2. The first-order valence-corrected chi connectivity index (χ1v) is 7.57. The van der Waals surface area contributed by atoms with Crippen LogP contribution in [-0.4, -0.2) is 30.9 Å². The lowest BCUT2D eigenvalue weighted by Gasteiger charge is -2.01. The molecule has 0 spiro atoms. The zero-order chi connectivity index (χ0) is 18.7. The molecule has 0 radical (unpaired) electrons. The molecule has 0 aliphatic heterocycles. The minimum Gasteiger partial charge on any atom is -0.497 e. The average molecular weight is 355 g/mol. The van der Waals surface area contributed by atoms with Gasteiger partial charge in [0.2, 0.25) is 11.6 Å². The summed E-state index contributed by atoms with van der Waals surface area (Å²) in [7, 11) is 3.01. The van der Waals surface area contributed by atoms with Gasteiger partial charge in [0.1, 0.15) is 11.5 Å². The van der Waals surface area contributed by atoms with E-state index in [1.807, 2.05) is 0 Å². The molecule has 0 saturated heterocycles. The SMILES string of the molecule is COc1ccc(C(=O)c2[nH]o[n+](=O)c2C(=O)c2ccc(OC)cc2)cc1. The quantitative estimate of drug-likeness (QED) is 0.678. The van der Waals surface area contributed by atoms with Crippen molar-refractivity contribution in [1.29, 1.82) is 0 Å². The van der Waals surface area contributed by atoms with Gasteiger partial charge in [-0.1, -0.05) is 9.79 Å². The molecule has 0 amide bonds. The van der Waals surface area contributed by atoms with E-state index in [0.29, 0.717) is 11.5 Å². The van der Waals surface area contributed by atoms with E-state index in [-0.39, 0.29) is 21.4 Å². The Balaban J connectivity index is 1.98. The zero-order valence-electron chi connectivity index (χ0n) is 14.0. The average Bonchev–Trinajstić information content (AvgIpc) is 3.08. The number of ketones is 2. The maximum Gasteiger partial charge on any atom is 0.323 e. The molecule has 0 atom stereocenters. The van der Waals surface area contributed by atoms with Gasteiger partial charge in [0.25, 0.3) is 5.69 Å². The summed E-state index contributed by atoms with van der Waals surface area (Å²) >= 11 is 0. The van der Waals surface area contributed by atoms with E-state index in [1.165, 1.54) is 38.5 Å². The number of nitrogens with one attached hydrogen (secondary N) is 1. The van der Waals surface area contributed by atoms with Gasteiger partial charge in [0.15, 0.2) is 4.60 Å². The highest BCUT2D eigenvalue weighted by Gasteiger charge is 2.34. The maximum atomic E-state index is 12.7. The summed E-state index contributed by atoms with van der Waals surface area (Å²) in [5.41, 5.74) is -0.164. The molecule has 0 fully saturated rings. The van der Waals surface area contributed by atoms with Crippen LogP contribution in [0.15, 0.2) is 53.2 Å². The summed E-state index contributed by atoms with van der Waals surface area (Å²) in [6, 6.07) is 12.4. The van der Waals surface area contributed by atoms with Gasteiger partial charge in [-0.05, 0) is 53.4 Å². The summed E-state index contributed by atoms with van der Waals surface area (Å²) in [5.74, 6) is -0.0663. The fourth-order valence-electron chi connectivity index (χ4n) is 2.39. The predicted octanol–water partition coefficient (Wildman–Crippen LogP) is 2.00. The van der Waals surface area contributed by atoms with Crippen LogP contribution < -0.4 is 14.1 Å². The molecular formula is C18H15N2O6+. The molecule has 132 valence electrons. The second-order valence-corrected chi connectivity index (χ2v) is 5.29. The lowest BCUT2D eigenvalue weighted by Crippen LogP contribution is -2.24. The Morgan fingerprint density at radius 1 is 0.846 bits per heavy atom. The Labute approximate surface area is 147 Å². The first-order chi connectivity index (χ1) is 12.5. The summed E-state index contributed by atoms with van der Waals surface area (Å²) in [6.07, 6.45) is 0. The Hall–Kier alpha value is -3.68. The third kappa shape index (κ3) is 3.12. The summed E-state index contributed by atoms with van der Waals surface area (Å²) in [6.45, 7) is 0. The normalized spacial score (nSPS) is 10.4. The van der Waals surface area contributed by atoms with E-state index in [2.05, 4.69) is 9.79 Å². The minimum atomic E-state index is -0.649. The molecule has 1 N–H and O–H groups in total. The number of H-pyrrole nitrogens is 1. The molecule has 0 bridgehead atoms. The number of hydrogen-bond donors (Lipinski definition) is 1. The molecule has 26 heavy (non-hydrogen) atoms. The Bertz CT molecular complexity index is 999. The third-order valence-corrected chi connectivity index (χ3v) is 3.80. The smallest absolute Gasteiger partial charge is 0.323 e. The lowest BCUT2D eigenvalue weighted by atomic mass is 10.0. The molecule has 2 aromatic carbocycles. The van der Waals surface area contributed by atoms with Crippen molar-refractivity contribution in [3.05, 3.63) is 76.0 Å². The molecular weight excluding hydrogens is 340 g/mol. The number of hydrogen-bond acceptors (Lipinski definition) is 6. The van der Waals surface area contributed by atoms with Gasteiger partial charge in [-0.3, -0.25) is 9.59 Å². The molecule has 0 saturated carbocycles. The summed E-state index contributed by atoms with van der Waals surface area (Å²) in [4.78, 5) is 37.2. The standard InChI is InChI=1S/C18H14N2O6/c1-24-13-7-3-11(4-8-13)17(21)15-16(20(23)26-19-15)18(22)12-5-9-14(25-2)10-6-12/h3-10H,1-2H3/p+1. The first kappa shape index (κ1) is 17.2. The fraction of sp³-hybridized carbons (Fsp3) is 0.111. The molecule has 0 aliphatic rings. The van der Waals surface area contributed by atoms with E-state index >= 15 is 0 Å². The van der Waals surface area contributed by atoms with Crippen molar-refractivity contribution in [3.63, 3.8) is 0 Å². The fourth-order valence-corrected chi connectivity index (χ4v) is 2.39. The monoisotopic (exact) mass is 355 g/mol. The van der Waals surface area contributed by atoms with Crippen LogP contribution in [0.5, 0.6) is 11.5 Å². The number of aromatic nitrogens is 2. The van der Waals surface area contributed by atoms with E-state index < -0.39 is 17.3 Å². The van der Waals surface area contributed by atoms with Gasteiger partial charge >= 0.3 is 5.69 Å². The number of aromatic amines is 1. The van der Waals surface area contributed by atoms with Gasteiger partial charge in [0.05, 0.1) is 14.2 Å². The van der Waals surface area contributed by atoms with Gasteiger partial charge < -0.3 is 9.47 Å². The molecule has 1 aromatic heterocycles. The topological polar surface area (TPSA) is 105 Å². The number of rotatable bonds is 6. The van der Waals surface area contributed by atoms with E-state index in [1.54, 1.807) is 24.3 Å². The van der Waals surface area contributed by atoms with Gasteiger partial charge in [-0.2, -0.15) is 0 Å². The molecule has 0 aliphatic carbocycles. The zero-order valence-corrected chi connectivity index (χ0v) is 14.0. The summed E-state index contributed by atoms with van der Waals surface area (Å²) in [5, 5.41) is 2.22. The Morgan fingerprint density at radius 3 is 1.77 bits per heavy atom. The molecule has 8 heteroatoms. The molecule has 1 heterocycles. The van der Waals surface area contributed by atoms with Crippen LogP contribution in [0.3, 0.4) is 0 Å². The molecule has 3 rings (SSSR count). The van der Waals surface area contributed by atoms with Gasteiger partial charge in [-0.15, -0.1) is 0 Å². The summed E-state index contributed by atoms with van der Waals surface area (Å²) < 4.78 is 14.7. The highest BCUT2D eigenvalue weighted by atomic mass is 16.7. The van der Waals surface area contributed by atoms with Crippen molar-refractivity contribution in [2.45, 2.75) is 0 Å². The van der Waals surface area contributed by atoms with Crippen molar-refractivity contribution in [2.24, 2.45) is 0 Å². The van der Waals surface area contributed by atoms with Crippen LogP contribution in [0.1, 0.15) is 32.1 Å². The third-order valence-electron chi connectivity index (χ3n) is 3.80. The van der Waals surface area contributed by atoms with Crippen molar-refractivity contribution in [3.8, 4) is 11.5 Å². The van der Waals surface area contributed by atoms with E-state index in [0.717, 1.165) is 0 Å². The number of carbonyl (C=O) groups is 2. The van der Waals surface area contributed by atoms with Crippen LogP contribution in [0, 0.1) is 4.91 Å². The van der Waals surface area contributed by atoms with Crippen LogP contribution in [0.4, 0.5) is 0 Å². The van der Waals surface area contributed by atoms with Gasteiger partial charge in [-0.25, -0.2) is 0 Å². The minimum absolute atomic E-state index is 0.0106. The maximum absolute atomic E-state index is 12.7. The van der Waals surface area contributed by atoms with E-state index in [4.69, 9.17) is 9.47 Å². The first-order valence-electron chi connectivity index (χ1n) is 7.57. The van der Waals surface area contributed by atoms with Crippen molar-refractivity contribution in [2.75, 3.05) is 14.2 Å². The van der Waals surface area contributed by atoms with Crippen molar-refractivity contribution < 1.29 is 28.3 Å². The molecule has 3 aromatic rings. The molecule has 8 nitrogen and oxygen atoms in total. The van der Waals surface area contributed by atoms with Crippen molar-refractivity contribution >= 4 is 11.6 Å². The number of ether oxygens (including phenoxy) is 2. The second-order valence-electron chi connectivity index (χ2n) is 5.29. The van der Waals surface area contributed by atoms with Crippen LogP contribution in [0.2, 0.25) is 0 Å². The molecule has 0 unspecified atom stereocenters. The number of benzene rings is 2. The largest absolute Gasteiger partial charge is 0.497 e. The highest BCUT2D eigenvalue weighted by molar-refractivity contribution is 6.16. The second kappa shape index (κ2) is 7.06. The Kier molecular flexibility index (Phi) is 4.66. The van der Waals surface area contributed by atoms with Crippen LogP contribution >= 0.6 is 0 Å². The van der Waals surface area contributed by atoms with Crippen molar-refractivity contribution in [1.82, 2.24) is 5.16 Å². The lowest BCUT2D eigenvalue weighted by molar-refractivity contribution is -0.714. The number of methoxy groups -OCH3 is 2. The number of nitrogens with zero attached hydrogens (tertiary/aromatic N) is 1.